The predicted molar refractivity (Wildman–Crippen MR) is 89.6 cm³/mol. The van der Waals surface area contributed by atoms with Crippen molar-refractivity contribution in [1.29, 1.82) is 0 Å². The zero-order chi connectivity index (χ0) is 18.8. The summed E-state index contributed by atoms with van der Waals surface area (Å²) < 4.78 is 22.4. The van der Waals surface area contributed by atoms with Gasteiger partial charge in [0, 0.05) is 25.5 Å². The number of carbonyl (C=O) groups is 3. The number of carboxylic acid groups (broad SMARTS) is 1. The fourth-order valence-electron chi connectivity index (χ4n) is 2.58. The molecular weight excluding hydrogens is 370 g/mol. The second kappa shape index (κ2) is 7.50. The molecule has 0 radical (unpaired) electrons. The minimum Gasteiger partial charge on any atom is -0.481 e. The Morgan fingerprint density at radius 2 is 2.12 bits per heavy atom. The number of carbonyl (C=O) groups excluding carboxylic acids is 2. The number of likely N-dealkylation sites (tertiary alicyclic amines) is 1. The van der Waals surface area contributed by atoms with Crippen molar-refractivity contribution in [3.05, 3.63) is 17.0 Å². The lowest BCUT2D eigenvalue weighted by molar-refractivity contribution is -0.145. The smallest absolute Gasteiger partial charge is 0.308 e. The maximum Gasteiger partial charge on any atom is 0.308 e. The van der Waals surface area contributed by atoms with Crippen molar-refractivity contribution in [1.82, 2.24) is 9.80 Å². The van der Waals surface area contributed by atoms with Gasteiger partial charge in [0.05, 0.1) is 18.0 Å². The third kappa shape index (κ3) is 4.77. The molecule has 1 unspecified atom stereocenters. The molecule has 1 aromatic heterocycles. The van der Waals surface area contributed by atoms with Crippen LogP contribution in [-0.4, -0.2) is 67.8 Å². The molecule has 3 N–H and O–H groups in total. The first kappa shape index (κ1) is 19.3. The van der Waals surface area contributed by atoms with E-state index in [-0.39, 0.29) is 28.8 Å². The molecule has 0 spiro atoms. The van der Waals surface area contributed by atoms with Gasteiger partial charge in [-0.2, -0.15) is 0 Å². The van der Waals surface area contributed by atoms with E-state index in [0.29, 0.717) is 19.4 Å². The summed E-state index contributed by atoms with van der Waals surface area (Å²) >= 11 is 0.832. The normalized spacial score (nSPS) is 18.0. The maximum absolute atomic E-state index is 12.3. The van der Waals surface area contributed by atoms with Crippen LogP contribution in [0, 0.1) is 5.92 Å². The number of rotatable bonds is 5. The molecule has 2 heterocycles. The van der Waals surface area contributed by atoms with Gasteiger partial charge in [-0.1, -0.05) is 0 Å². The highest BCUT2D eigenvalue weighted by atomic mass is 32.2. The number of nitrogens with two attached hydrogens (primary N) is 1. The first-order chi connectivity index (χ1) is 11.6. The molecule has 1 fully saturated rings. The first-order valence-corrected chi connectivity index (χ1v) is 9.89. The lowest BCUT2D eigenvalue weighted by Gasteiger charge is -2.32. The van der Waals surface area contributed by atoms with E-state index >= 15 is 0 Å². The number of carboxylic acids is 1. The van der Waals surface area contributed by atoms with E-state index in [1.807, 2.05) is 0 Å². The van der Waals surface area contributed by atoms with E-state index in [9.17, 15) is 22.8 Å². The molecule has 1 aliphatic rings. The van der Waals surface area contributed by atoms with Crippen LogP contribution in [0.3, 0.4) is 0 Å². The fraction of sp³-hybridized carbons (Fsp3) is 0.500. The summed E-state index contributed by atoms with van der Waals surface area (Å²) in [7, 11) is -2.45. The van der Waals surface area contributed by atoms with Gasteiger partial charge >= 0.3 is 5.97 Å². The van der Waals surface area contributed by atoms with Gasteiger partial charge in [-0.3, -0.25) is 14.4 Å². The van der Waals surface area contributed by atoms with Crippen molar-refractivity contribution in [3.63, 3.8) is 0 Å². The molecule has 138 valence electrons. The highest BCUT2D eigenvalue weighted by Gasteiger charge is 2.29. The second-order valence-electron chi connectivity index (χ2n) is 5.88. The van der Waals surface area contributed by atoms with E-state index in [4.69, 9.17) is 10.2 Å². The van der Waals surface area contributed by atoms with Gasteiger partial charge in [-0.05, 0) is 18.9 Å². The molecule has 0 aromatic carbocycles. The van der Waals surface area contributed by atoms with Crippen LogP contribution >= 0.6 is 11.3 Å². The number of primary sulfonamides is 1. The van der Waals surface area contributed by atoms with Crippen LogP contribution in [0.4, 0.5) is 0 Å². The number of likely N-dealkylation sites (N-methyl/N-ethyl adjacent to an activating group) is 1. The minimum absolute atomic E-state index is 0.129. The Morgan fingerprint density at radius 3 is 2.68 bits per heavy atom. The number of hydrogen-bond acceptors (Lipinski definition) is 6. The van der Waals surface area contributed by atoms with Crippen molar-refractivity contribution in [2.24, 2.45) is 11.1 Å². The zero-order valence-corrected chi connectivity index (χ0v) is 15.2. The summed E-state index contributed by atoms with van der Waals surface area (Å²) in [5, 5.41) is 15.4. The molecule has 2 rings (SSSR count). The van der Waals surface area contributed by atoms with Gasteiger partial charge in [-0.25, -0.2) is 13.6 Å². The van der Waals surface area contributed by atoms with Crippen LogP contribution in [0.1, 0.15) is 23.2 Å². The van der Waals surface area contributed by atoms with Gasteiger partial charge < -0.3 is 14.9 Å². The summed E-state index contributed by atoms with van der Waals surface area (Å²) in [6.45, 7) is 0.370. The van der Waals surface area contributed by atoms with Crippen LogP contribution in [0.15, 0.2) is 15.7 Å². The molecule has 0 aliphatic carbocycles. The van der Waals surface area contributed by atoms with Crippen molar-refractivity contribution >= 4 is 39.1 Å². The Morgan fingerprint density at radius 1 is 1.44 bits per heavy atom. The molecule has 25 heavy (non-hydrogen) atoms. The molecule has 0 bridgehead atoms. The molecule has 11 heteroatoms. The molecule has 1 aliphatic heterocycles. The number of amides is 2. The summed E-state index contributed by atoms with van der Waals surface area (Å²) in [5.41, 5.74) is 0.131. The molecular formula is C14H19N3O6S2. The average Bonchev–Trinajstić information content (AvgIpc) is 3.04. The first-order valence-electron chi connectivity index (χ1n) is 7.47. The van der Waals surface area contributed by atoms with Crippen LogP contribution in [0.2, 0.25) is 0 Å². The fourth-order valence-corrected chi connectivity index (χ4v) is 4.16. The lowest BCUT2D eigenvalue weighted by Crippen LogP contribution is -2.46. The van der Waals surface area contributed by atoms with Gasteiger partial charge in [0.1, 0.15) is 4.21 Å². The SMILES string of the molecule is CN(CC(=O)N1CCCC(C(=O)O)C1)C(=O)c1csc(S(N)(=O)=O)c1. The largest absolute Gasteiger partial charge is 0.481 e. The van der Waals surface area contributed by atoms with Crippen molar-refractivity contribution < 1.29 is 27.9 Å². The van der Waals surface area contributed by atoms with Gasteiger partial charge in [0.15, 0.2) is 0 Å². The average molecular weight is 389 g/mol. The van der Waals surface area contributed by atoms with E-state index in [1.54, 1.807) is 0 Å². The third-order valence-corrected chi connectivity index (χ3v) is 6.33. The number of sulfonamides is 1. The van der Waals surface area contributed by atoms with Crippen molar-refractivity contribution in [3.8, 4) is 0 Å². The quantitative estimate of drug-likeness (QED) is 0.715. The number of aliphatic carboxylic acids is 1. The van der Waals surface area contributed by atoms with Crippen molar-refractivity contribution in [2.75, 3.05) is 26.7 Å². The molecule has 2 amide bonds. The summed E-state index contributed by atoms with van der Waals surface area (Å²) in [5.74, 6) is -2.38. The Labute approximate surface area is 149 Å². The molecule has 1 atom stereocenters. The number of nitrogens with zero attached hydrogens (tertiary/aromatic N) is 2. The summed E-state index contributed by atoms with van der Waals surface area (Å²) in [6.07, 6.45) is 1.13. The molecule has 0 saturated carbocycles. The highest BCUT2D eigenvalue weighted by molar-refractivity contribution is 7.91. The topological polar surface area (TPSA) is 138 Å². The van der Waals surface area contributed by atoms with E-state index in [1.165, 1.54) is 28.3 Å². The Hall–Kier alpha value is -1.98. The Bertz CT molecular complexity index is 788. The molecule has 1 saturated heterocycles. The van der Waals surface area contributed by atoms with E-state index in [2.05, 4.69) is 0 Å². The molecule has 1 aromatic rings. The maximum atomic E-state index is 12.3. The number of hydrogen-bond donors (Lipinski definition) is 2. The summed E-state index contributed by atoms with van der Waals surface area (Å²) in [4.78, 5) is 38.3. The standard InChI is InChI=1S/C14H19N3O6S2/c1-16(13(19)10-5-12(24-8-10)25(15,22)23)7-11(18)17-4-2-3-9(6-17)14(20)21/h5,8-9H,2-4,6-7H2,1H3,(H,20,21)(H2,15,22,23). The third-order valence-electron chi connectivity index (χ3n) is 3.95. The highest BCUT2D eigenvalue weighted by Crippen LogP contribution is 2.20. The van der Waals surface area contributed by atoms with Gasteiger partial charge in [-0.15, -0.1) is 11.3 Å². The van der Waals surface area contributed by atoms with Gasteiger partial charge in [0.25, 0.3) is 5.91 Å². The predicted octanol–water partition coefficient (Wildman–Crippen LogP) is -0.209. The second-order valence-corrected chi connectivity index (χ2v) is 8.58. The van der Waals surface area contributed by atoms with E-state index < -0.39 is 27.8 Å². The number of thiophene rings is 1. The number of piperidine rings is 1. The minimum atomic E-state index is -3.88. The van der Waals surface area contributed by atoms with Crippen LogP contribution in [0.25, 0.3) is 0 Å². The van der Waals surface area contributed by atoms with E-state index in [0.717, 1.165) is 11.3 Å². The zero-order valence-electron chi connectivity index (χ0n) is 13.5. The lowest BCUT2D eigenvalue weighted by atomic mass is 9.98. The molecule has 9 nitrogen and oxygen atoms in total. The Kier molecular flexibility index (Phi) is 5.80. The van der Waals surface area contributed by atoms with Gasteiger partial charge in [0.2, 0.25) is 15.9 Å². The Balaban J connectivity index is 1.99. The van der Waals surface area contributed by atoms with Crippen LogP contribution in [0.5, 0.6) is 0 Å². The van der Waals surface area contributed by atoms with Crippen LogP contribution < -0.4 is 5.14 Å². The monoisotopic (exact) mass is 389 g/mol. The summed E-state index contributed by atoms with van der Waals surface area (Å²) in [6, 6.07) is 1.17. The van der Waals surface area contributed by atoms with Crippen molar-refractivity contribution in [2.45, 2.75) is 17.1 Å². The van der Waals surface area contributed by atoms with Crippen LogP contribution in [-0.2, 0) is 19.6 Å².